The Morgan fingerprint density at radius 3 is 2.46 bits per heavy atom. The van der Waals surface area contributed by atoms with Crippen LogP contribution in [0.5, 0.6) is 5.75 Å². The quantitative estimate of drug-likeness (QED) is 0.478. The van der Waals surface area contributed by atoms with Crippen molar-refractivity contribution >= 4 is 5.69 Å². The highest BCUT2D eigenvalue weighted by Crippen LogP contribution is 2.28. The van der Waals surface area contributed by atoms with Gasteiger partial charge in [0.1, 0.15) is 5.75 Å². The third kappa shape index (κ3) is 2.12. The van der Waals surface area contributed by atoms with E-state index in [0.29, 0.717) is 5.69 Å². The number of hydrogen-bond donors (Lipinski definition) is 3. The Morgan fingerprint density at radius 2 is 1.92 bits per heavy atom. The molecule has 72 valence electrons. The van der Waals surface area contributed by atoms with Gasteiger partial charge in [-0.15, -0.1) is 0 Å². The Morgan fingerprint density at radius 1 is 1.31 bits per heavy atom. The summed E-state index contributed by atoms with van der Waals surface area (Å²) < 4.78 is 0. The normalized spacial score (nSPS) is 13.2. The van der Waals surface area contributed by atoms with Gasteiger partial charge in [-0.1, -0.05) is 13.8 Å². The Bertz CT molecular complexity index is 297. The molecule has 1 rings (SSSR count). The van der Waals surface area contributed by atoms with Crippen LogP contribution in [0.2, 0.25) is 0 Å². The van der Waals surface area contributed by atoms with Crippen LogP contribution in [0.3, 0.4) is 0 Å². The maximum Gasteiger partial charge on any atom is 0.120 e. The molecule has 3 heteroatoms. The van der Waals surface area contributed by atoms with Crippen LogP contribution in [0.15, 0.2) is 18.2 Å². The van der Waals surface area contributed by atoms with E-state index in [9.17, 15) is 5.11 Å². The number of anilines is 1. The highest BCUT2D eigenvalue weighted by molar-refractivity contribution is 5.48. The summed E-state index contributed by atoms with van der Waals surface area (Å²) >= 11 is 0. The van der Waals surface area contributed by atoms with Crippen LogP contribution in [0.4, 0.5) is 5.69 Å². The second kappa shape index (κ2) is 3.66. The van der Waals surface area contributed by atoms with Crippen molar-refractivity contribution in [2.45, 2.75) is 19.9 Å². The van der Waals surface area contributed by atoms with Gasteiger partial charge >= 0.3 is 0 Å². The summed E-state index contributed by atoms with van der Waals surface area (Å²) in [5.41, 5.74) is 12.8. The molecule has 1 unspecified atom stereocenters. The van der Waals surface area contributed by atoms with Crippen LogP contribution < -0.4 is 11.5 Å². The predicted octanol–water partition coefficient (Wildman–Crippen LogP) is 1.63. The first-order valence-corrected chi connectivity index (χ1v) is 4.36. The van der Waals surface area contributed by atoms with Gasteiger partial charge in [0.2, 0.25) is 0 Å². The summed E-state index contributed by atoms with van der Waals surface area (Å²) in [6.45, 7) is 4.01. The smallest absolute Gasteiger partial charge is 0.120 e. The van der Waals surface area contributed by atoms with Crippen LogP contribution >= 0.6 is 0 Å². The summed E-state index contributed by atoms with van der Waals surface area (Å²) in [5, 5.41) is 9.52. The molecule has 0 fully saturated rings. The molecular formula is C10H16N2O. The van der Waals surface area contributed by atoms with E-state index in [1.165, 1.54) is 0 Å². The van der Waals surface area contributed by atoms with E-state index in [2.05, 4.69) is 0 Å². The van der Waals surface area contributed by atoms with Crippen molar-refractivity contribution in [3.05, 3.63) is 23.8 Å². The molecule has 3 nitrogen and oxygen atoms in total. The molecule has 0 aliphatic rings. The van der Waals surface area contributed by atoms with Crippen LogP contribution in [0.25, 0.3) is 0 Å². The molecule has 0 aromatic heterocycles. The summed E-state index contributed by atoms with van der Waals surface area (Å²) in [6, 6.07) is 4.79. The monoisotopic (exact) mass is 180 g/mol. The Hall–Kier alpha value is -1.22. The zero-order valence-electron chi connectivity index (χ0n) is 7.99. The standard InChI is InChI=1S/C10H16N2O/c1-6(2)10(12)8-5-7(11)3-4-9(8)13/h3-6,10,13H,11-12H2,1-2H3. The largest absolute Gasteiger partial charge is 0.508 e. The molecule has 0 saturated heterocycles. The molecule has 1 atom stereocenters. The average molecular weight is 180 g/mol. The van der Waals surface area contributed by atoms with E-state index < -0.39 is 0 Å². The van der Waals surface area contributed by atoms with Gasteiger partial charge in [0.25, 0.3) is 0 Å². The van der Waals surface area contributed by atoms with Crippen molar-refractivity contribution in [1.29, 1.82) is 0 Å². The maximum absolute atomic E-state index is 9.52. The molecule has 0 radical (unpaired) electrons. The van der Waals surface area contributed by atoms with Crippen molar-refractivity contribution in [2.75, 3.05) is 5.73 Å². The molecule has 5 N–H and O–H groups in total. The van der Waals surface area contributed by atoms with Crippen molar-refractivity contribution in [3.8, 4) is 5.75 Å². The first-order chi connectivity index (χ1) is 6.02. The molecule has 1 aromatic rings. The molecule has 0 aliphatic carbocycles. The zero-order valence-corrected chi connectivity index (χ0v) is 7.99. The van der Waals surface area contributed by atoms with Gasteiger partial charge in [-0.25, -0.2) is 0 Å². The number of hydrogen-bond acceptors (Lipinski definition) is 3. The van der Waals surface area contributed by atoms with Gasteiger partial charge in [-0.2, -0.15) is 0 Å². The number of aromatic hydroxyl groups is 1. The molecule has 0 amide bonds. The summed E-state index contributed by atoms with van der Waals surface area (Å²) in [7, 11) is 0. The van der Waals surface area contributed by atoms with Crippen LogP contribution in [-0.2, 0) is 0 Å². The molecule has 1 aromatic carbocycles. The molecular weight excluding hydrogens is 164 g/mol. The van der Waals surface area contributed by atoms with Crippen molar-refractivity contribution in [1.82, 2.24) is 0 Å². The minimum absolute atomic E-state index is 0.163. The van der Waals surface area contributed by atoms with Crippen LogP contribution in [0.1, 0.15) is 25.5 Å². The minimum atomic E-state index is -0.163. The van der Waals surface area contributed by atoms with Crippen LogP contribution in [-0.4, -0.2) is 5.11 Å². The van der Waals surface area contributed by atoms with E-state index in [1.54, 1.807) is 18.2 Å². The van der Waals surface area contributed by atoms with Gasteiger partial charge < -0.3 is 16.6 Å². The highest BCUT2D eigenvalue weighted by Gasteiger charge is 2.14. The average Bonchev–Trinajstić information content (AvgIpc) is 2.08. The topological polar surface area (TPSA) is 72.3 Å². The lowest BCUT2D eigenvalue weighted by Gasteiger charge is -2.17. The predicted molar refractivity (Wildman–Crippen MR) is 54.3 cm³/mol. The molecule has 0 aliphatic heterocycles. The summed E-state index contributed by atoms with van der Waals surface area (Å²) in [6.07, 6.45) is 0. The molecule has 13 heavy (non-hydrogen) atoms. The third-order valence-electron chi connectivity index (χ3n) is 2.13. The minimum Gasteiger partial charge on any atom is -0.508 e. The fourth-order valence-corrected chi connectivity index (χ4v) is 1.20. The fourth-order valence-electron chi connectivity index (χ4n) is 1.20. The number of nitrogens with two attached hydrogens (primary N) is 2. The van der Waals surface area contributed by atoms with E-state index in [1.807, 2.05) is 13.8 Å². The zero-order chi connectivity index (χ0) is 10.0. The van der Waals surface area contributed by atoms with Gasteiger partial charge in [0, 0.05) is 17.3 Å². The summed E-state index contributed by atoms with van der Waals surface area (Å²) in [5.74, 6) is 0.503. The van der Waals surface area contributed by atoms with E-state index in [4.69, 9.17) is 11.5 Å². The lowest BCUT2D eigenvalue weighted by Crippen LogP contribution is -2.16. The SMILES string of the molecule is CC(C)C(N)c1cc(N)ccc1O. The maximum atomic E-state index is 9.52. The van der Waals surface area contributed by atoms with Crippen molar-refractivity contribution in [3.63, 3.8) is 0 Å². The summed E-state index contributed by atoms with van der Waals surface area (Å²) in [4.78, 5) is 0. The number of benzene rings is 1. The second-order valence-electron chi connectivity index (χ2n) is 3.59. The lowest BCUT2D eigenvalue weighted by molar-refractivity contribution is 0.440. The molecule has 0 heterocycles. The molecule has 0 saturated carbocycles. The Kier molecular flexibility index (Phi) is 2.78. The third-order valence-corrected chi connectivity index (χ3v) is 2.13. The molecule has 0 bridgehead atoms. The van der Waals surface area contributed by atoms with Gasteiger partial charge in [-0.05, 0) is 24.1 Å². The fraction of sp³-hybridized carbons (Fsp3) is 0.400. The van der Waals surface area contributed by atoms with Crippen LogP contribution in [0, 0.1) is 5.92 Å². The number of phenolic OH excluding ortho intramolecular Hbond substituents is 1. The first-order valence-electron chi connectivity index (χ1n) is 4.36. The van der Waals surface area contributed by atoms with E-state index in [0.717, 1.165) is 5.56 Å². The van der Waals surface area contributed by atoms with Gasteiger partial charge in [0.15, 0.2) is 0 Å². The van der Waals surface area contributed by atoms with Gasteiger partial charge in [-0.3, -0.25) is 0 Å². The first kappa shape index (κ1) is 9.86. The van der Waals surface area contributed by atoms with E-state index >= 15 is 0 Å². The second-order valence-corrected chi connectivity index (χ2v) is 3.59. The Labute approximate surface area is 78.4 Å². The number of rotatable bonds is 2. The van der Waals surface area contributed by atoms with E-state index in [-0.39, 0.29) is 17.7 Å². The highest BCUT2D eigenvalue weighted by atomic mass is 16.3. The number of phenols is 1. The van der Waals surface area contributed by atoms with Crippen molar-refractivity contribution < 1.29 is 5.11 Å². The molecule has 0 spiro atoms. The van der Waals surface area contributed by atoms with Crippen molar-refractivity contribution in [2.24, 2.45) is 11.7 Å². The lowest BCUT2D eigenvalue weighted by atomic mass is 9.96. The van der Waals surface area contributed by atoms with Gasteiger partial charge in [0.05, 0.1) is 0 Å². The Balaban J connectivity index is 3.05. The number of nitrogen functional groups attached to an aromatic ring is 1.